The summed E-state index contributed by atoms with van der Waals surface area (Å²) >= 11 is 0. The number of nitrogens with zero attached hydrogens (tertiary/aromatic N) is 1. The van der Waals surface area contributed by atoms with Gasteiger partial charge in [-0.2, -0.15) is 0 Å². The fraction of sp³-hybridized carbons (Fsp3) is 0.692. The Bertz CT molecular complexity index is 930. The third kappa shape index (κ3) is 4.09. The third-order valence-corrected chi connectivity index (χ3v) is 7.87. The quantitative estimate of drug-likeness (QED) is 0.655. The summed E-state index contributed by atoms with van der Waals surface area (Å²) in [6.07, 6.45) is 2.46. The molecule has 2 saturated heterocycles. The number of hydrogen-bond donors (Lipinski definition) is 1. The van der Waals surface area contributed by atoms with Crippen molar-refractivity contribution in [3.05, 3.63) is 29.3 Å². The lowest BCUT2D eigenvalue weighted by Gasteiger charge is -2.41. The summed E-state index contributed by atoms with van der Waals surface area (Å²) in [6, 6.07) is 7.03. The van der Waals surface area contributed by atoms with E-state index in [-0.39, 0.29) is 23.9 Å². The van der Waals surface area contributed by atoms with Gasteiger partial charge in [0, 0.05) is 22.0 Å². The zero-order chi connectivity index (χ0) is 22.8. The normalized spacial score (nSPS) is 22.7. The van der Waals surface area contributed by atoms with E-state index in [0.717, 1.165) is 5.59 Å². The van der Waals surface area contributed by atoms with Gasteiger partial charge in [-0.25, -0.2) is 0 Å². The molecule has 0 saturated carbocycles. The van der Waals surface area contributed by atoms with E-state index in [2.05, 4.69) is 90.4 Å². The van der Waals surface area contributed by atoms with Crippen LogP contribution < -0.4 is 5.59 Å². The van der Waals surface area contributed by atoms with Gasteiger partial charge in [-0.3, -0.25) is 4.90 Å². The largest absolute Gasteiger partial charge is 0.512 e. The summed E-state index contributed by atoms with van der Waals surface area (Å²) in [5.74, 6) is 1.03. The molecule has 170 valence electrons. The van der Waals surface area contributed by atoms with Gasteiger partial charge in [0.2, 0.25) is 0 Å². The first kappa shape index (κ1) is 22.9. The predicted molar refractivity (Wildman–Crippen MR) is 131 cm³/mol. The van der Waals surface area contributed by atoms with E-state index in [1.807, 2.05) is 0 Å². The Morgan fingerprint density at radius 3 is 2.13 bits per heavy atom. The summed E-state index contributed by atoms with van der Waals surface area (Å²) in [4.78, 5) is 6.28. The van der Waals surface area contributed by atoms with Crippen LogP contribution in [0.25, 0.3) is 10.9 Å². The van der Waals surface area contributed by atoms with Crippen molar-refractivity contribution in [3.8, 4) is 0 Å². The van der Waals surface area contributed by atoms with Crippen LogP contribution in [0, 0.1) is 0 Å². The summed E-state index contributed by atoms with van der Waals surface area (Å²) in [6.45, 7) is 22.3. The Balaban J connectivity index is 1.66. The van der Waals surface area contributed by atoms with Gasteiger partial charge in [-0.1, -0.05) is 19.9 Å². The van der Waals surface area contributed by atoms with Gasteiger partial charge in [0.1, 0.15) is 0 Å². The van der Waals surface area contributed by atoms with Crippen molar-refractivity contribution < 1.29 is 9.31 Å². The number of benzene rings is 1. The van der Waals surface area contributed by atoms with Crippen LogP contribution in [-0.2, 0) is 9.31 Å². The van der Waals surface area contributed by atoms with Gasteiger partial charge in [-0.15, -0.1) is 0 Å². The Morgan fingerprint density at radius 1 is 1.03 bits per heavy atom. The van der Waals surface area contributed by atoms with Crippen LogP contribution in [-0.4, -0.2) is 46.8 Å². The summed E-state index contributed by atoms with van der Waals surface area (Å²) < 4.78 is 12.8. The van der Waals surface area contributed by atoms with E-state index >= 15 is 0 Å². The number of aromatic amines is 1. The monoisotopic (exact) mass is 424 g/mol. The SMILES string of the molecule is CC(C)c1c(B2OC(C)(C)C(C)(C)O2)[nH]c2ccc(C3CCN(C(C)(C)C)CC3)cc12. The first-order valence-corrected chi connectivity index (χ1v) is 12.1. The van der Waals surface area contributed by atoms with Crippen molar-refractivity contribution in [1.82, 2.24) is 9.88 Å². The Morgan fingerprint density at radius 2 is 1.61 bits per heavy atom. The van der Waals surface area contributed by atoms with Crippen molar-refractivity contribution in [3.63, 3.8) is 0 Å². The highest BCUT2D eigenvalue weighted by atomic mass is 16.7. The highest BCUT2D eigenvalue weighted by Gasteiger charge is 2.53. The number of aromatic nitrogens is 1. The standard InChI is InChI=1S/C26H41BN2O2/c1-17(2)22-20-16-19(18-12-14-29(15-13-18)24(3,4)5)10-11-21(20)28-23(22)27-30-25(6,7)26(8,9)31-27/h10-11,16-18,28H,12-15H2,1-9H3. The van der Waals surface area contributed by atoms with E-state index < -0.39 is 0 Å². The molecular formula is C26H41BN2O2. The van der Waals surface area contributed by atoms with Crippen LogP contribution in [0.2, 0.25) is 0 Å². The molecule has 5 heteroatoms. The maximum Gasteiger partial charge on any atom is 0.512 e. The summed E-state index contributed by atoms with van der Waals surface area (Å²) in [5, 5.41) is 1.33. The highest BCUT2D eigenvalue weighted by Crippen LogP contribution is 2.39. The molecule has 0 amide bonds. The molecule has 2 aliphatic heterocycles. The lowest BCUT2D eigenvalue weighted by atomic mass is 9.78. The lowest BCUT2D eigenvalue weighted by Crippen LogP contribution is -2.45. The van der Waals surface area contributed by atoms with Crippen molar-refractivity contribution in [2.24, 2.45) is 0 Å². The van der Waals surface area contributed by atoms with E-state index in [1.165, 1.54) is 48.0 Å². The fourth-order valence-corrected chi connectivity index (χ4v) is 5.16. The number of rotatable bonds is 3. The minimum absolute atomic E-state index is 0.262. The average molecular weight is 424 g/mol. The molecule has 1 N–H and O–H groups in total. The summed E-state index contributed by atoms with van der Waals surface area (Å²) in [5.41, 5.74) is 4.67. The maximum atomic E-state index is 6.40. The second-order valence-corrected chi connectivity index (χ2v) is 11.9. The molecule has 0 atom stereocenters. The van der Waals surface area contributed by atoms with Crippen LogP contribution in [0.15, 0.2) is 18.2 Å². The van der Waals surface area contributed by atoms with E-state index in [1.54, 1.807) is 0 Å². The van der Waals surface area contributed by atoms with E-state index in [4.69, 9.17) is 9.31 Å². The molecule has 0 aliphatic carbocycles. The van der Waals surface area contributed by atoms with Crippen LogP contribution in [0.4, 0.5) is 0 Å². The Labute approximate surface area is 189 Å². The van der Waals surface area contributed by atoms with Gasteiger partial charge < -0.3 is 14.3 Å². The number of likely N-dealkylation sites (tertiary alicyclic amines) is 1. The zero-order valence-corrected chi connectivity index (χ0v) is 21.1. The molecule has 2 aromatic rings. The number of H-pyrrole nitrogens is 1. The van der Waals surface area contributed by atoms with Crippen molar-refractivity contribution in [1.29, 1.82) is 0 Å². The maximum absolute atomic E-state index is 6.40. The van der Waals surface area contributed by atoms with Crippen LogP contribution in [0.5, 0.6) is 0 Å². The van der Waals surface area contributed by atoms with E-state index in [9.17, 15) is 0 Å². The number of hydrogen-bond acceptors (Lipinski definition) is 3. The first-order chi connectivity index (χ1) is 14.3. The Hall–Kier alpha value is -1.30. The minimum atomic E-state index is -0.353. The topological polar surface area (TPSA) is 37.5 Å². The molecule has 3 heterocycles. The van der Waals surface area contributed by atoms with Gasteiger partial charge >= 0.3 is 7.12 Å². The molecule has 2 fully saturated rings. The molecule has 0 unspecified atom stereocenters. The Kier molecular flexibility index (Phi) is 5.64. The molecule has 0 radical (unpaired) electrons. The predicted octanol–water partition coefficient (Wildman–Crippen LogP) is 5.57. The third-order valence-electron chi connectivity index (χ3n) is 7.87. The first-order valence-electron chi connectivity index (χ1n) is 12.1. The molecular weight excluding hydrogens is 383 g/mol. The van der Waals surface area contributed by atoms with Crippen molar-refractivity contribution in [2.45, 2.75) is 104 Å². The van der Waals surface area contributed by atoms with Crippen LogP contribution >= 0.6 is 0 Å². The minimum Gasteiger partial charge on any atom is -0.398 e. The molecule has 31 heavy (non-hydrogen) atoms. The second-order valence-electron chi connectivity index (χ2n) is 11.9. The molecule has 0 bridgehead atoms. The second kappa shape index (κ2) is 7.64. The molecule has 4 nitrogen and oxygen atoms in total. The van der Waals surface area contributed by atoms with Gasteiger partial charge in [0.05, 0.1) is 11.2 Å². The molecule has 4 rings (SSSR count). The van der Waals surface area contributed by atoms with Crippen LogP contribution in [0.3, 0.4) is 0 Å². The number of nitrogens with one attached hydrogen (secondary N) is 1. The van der Waals surface area contributed by atoms with Crippen molar-refractivity contribution in [2.75, 3.05) is 13.1 Å². The molecule has 1 aromatic heterocycles. The fourth-order valence-electron chi connectivity index (χ4n) is 5.16. The smallest absolute Gasteiger partial charge is 0.398 e. The van der Waals surface area contributed by atoms with Crippen LogP contribution in [0.1, 0.15) is 98.1 Å². The van der Waals surface area contributed by atoms with E-state index in [0.29, 0.717) is 11.8 Å². The van der Waals surface area contributed by atoms with Crippen molar-refractivity contribution >= 4 is 23.6 Å². The number of fused-ring (bicyclic) bond motifs is 1. The molecule has 1 aromatic carbocycles. The molecule has 0 spiro atoms. The zero-order valence-electron chi connectivity index (χ0n) is 21.1. The number of piperidine rings is 1. The lowest BCUT2D eigenvalue weighted by molar-refractivity contribution is 0.00578. The summed E-state index contributed by atoms with van der Waals surface area (Å²) in [7, 11) is -0.353. The molecule has 2 aliphatic rings. The van der Waals surface area contributed by atoms with Gasteiger partial charge in [0.15, 0.2) is 0 Å². The van der Waals surface area contributed by atoms with Gasteiger partial charge in [-0.05, 0) is 109 Å². The average Bonchev–Trinajstić information content (AvgIpc) is 3.14. The van der Waals surface area contributed by atoms with Gasteiger partial charge in [0.25, 0.3) is 0 Å². The highest BCUT2D eigenvalue weighted by molar-refractivity contribution is 6.62.